The van der Waals surface area contributed by atoms with E-state index in [4.69, 9.17) is 9.47 Å². The number of guanidine groups is 1. The van der Waals surface area contributed by atoms with Crippen LogP contribution in [0, 0.1) is 0 Å². The number of ether oxygens (including phenoxy) is 2. The lowest BCUT2D eigenvalue weighted by atomic mass is 10.1. The molecule has 0 amide bonds. The summed E-state index contributed by atoms with van der Waals surface area (Å²) < 4.78 is 37.8. The Morgan fingerprint density at radius 2 is 2.00 bits per heavy atom. The number of nitrogens with zero attached hydrogens (tertiary/aromatic N) is 2. The Kier molecular flexibility index (Phi) is 10.4. The molecule has 0 aliphatic carbocycles. The van der Waals surface area contributed by atoms with Gasteiger partial charge in [0.1, 0.15) is 0 Å². The predicted octanol–water partition coefficient (Wildman–Crippen LogP) is -0.638. The van der Waals surface area contributed by atoms with Gasteiger partial charge in [0.2, 0.25) is 10.0 Å². The molecule has 0 spiro atoms. The van der Waals surface area contributed by atoms with Crippen molar-refractivity contribution < 1.29 is 17.9 Å². The van der Waals surface area contributed by atoms with Crippen molar-refractivity contribution >= 4 is 16.0 Å². The summed E-state index contributed by atoms with van der Waals surface area (Å²) in [6.07, 6.45) is 3.08. The summed E-state index contributed by atoms with van der Waals surface area (Å²) in [5.74, 6) is 0.657. The smallest absolute Gasteiger partial charge is 0.213 e. The van der Waals surface area contributed by atoms with Crippen LogP contribution in [0.3, 0.4) is 0 Å². The van der Waals surface area contributed by atoms with Gasteiger partial charge in [-0.2, -0.15) is 0 Å². The topological polar surface area (TPSA) is 104 Å². The highest BCUT2D eigenvalue weighted by atomic mass is 32.2. The van der Waals surface area contributed by atoms with Crippen LogP contribution in [0.25, 0.3) is 0 Å². The molecule has 158 valence electrons. The van der Waals surface area contributed by atoms with Crippen LogP contribution in [0.4, 0.5) is 0 Å². The van der Waals surface area contributed by atoms with E-state index in [1.165, 1.54) is 0 Å². The first-order valence-electron chi connectivity index (χ1n) is 10.0. The molecule has 2 aliphatic heterocycles. The van der Waals surface area contributed by atoms with E-state index < -0.39 is 10.0 Å². The molecule has 3 N–H and O–H groups in total. The van der Waals surface area contributed by atoms with Crippen LogP contribution in [0.2, 0.25) is 0 Å². The van der Waals surface area contributed by atoms with E-state index in [-0.39, 0.29) is 11.9 Å². The Balaban J connectivity index is 1.66. The largest absolute Gasteiger partial charge is 0.379 e. The number of aliphatic imine (C=N–C) groups is 1. The molecule has 0 aromatic rings. The molecule has 2 saturated heterocycles. The zero-order chi connectivity index (χ0) is 19.4. The molecule has 0 aromatic heterocycles. The van der Waals surface area contributed by atoms with Gasteiger partial charge in [-0.25, -0.2) is 13.1 Å². The summed E-state index contributed by atoms with van der Waals surface area (Å²) in [7, 11) is -3.33. The fourth-order valence-corrected chi connectivity index (χ4v) is 3.99. The molecule has 0 aromatic carbocycles. The molecule has 9 nitrogen and oxygen atoms in total. The number of morpholine rings is 1. The Morgan fingerprint density at radius 3 is 2.70 bits per heavy atom. The quantitative estimate of drug-likeness (QED) is 0.328. The van der Waals surface area contributed by atoms with Crippen molar-refractivity contribution in [2.45, 2.75) is 32.3 Å². The fourth-order valence-electron chi connectivity index (χ4n) is 3.03. The highest BCUT2D eigenvalue weighted by Gasteiger charge is 2.17. The Bertz CT molecular complexity index is 531. The number of hydrogen-bond donors (Lipinski definition) is 3. The summed E-state index contributed by atoms with van der Waals surface area (Å²) in [5, 5.41) is 6.25. The standard InChI is InChI=1S/C17H35N5O4S/c1-2-18-17(19-6-8-22-9-12-25-13-10-22)20-7-14-27(23,24)21-15-16-5-3-4-11-26-16/h16,21H,2-15H2,1H3,(H2,18,19,20). The van der Waals surface area contributed by atoms with Gasteiger partial charge in [0, 0.05) is 45.9 Å². The van der Waals surface area contributed by atoms with Crippen LogP contribution in [-0.4, -0.2) is 96.8 Å². The zero-order valence-electron chi connectivity index (χ0n) is 16.4. The van der Waals surface area contributed by atoms with E-state index in [9.17, 15) is 8.42 Å². The van der Waals surface area contributed by atoms with E-state index in [0.717, 1.165) is 65.3 Å². The average Bonchev–Trinajstić information content (AvgIpc) is 2.68. The van der Waals surface area contributed by atoms with Gasteiger partial charge in [-0.15, -0.1) is 0 Å². The van der Waals surface area contributed by atoms with Crippen molar-refractivity contribution in [3.63, 3.8) is 0 Å². The van der Waals surface area contributed by atoms with Crippen molar-refractivity contribution in [3.05, 3.63) is 0 Å². The van der Waals surface area contributed by atoms with Gasteiger partial charge >= 0.3 is 0 Å². The van der Waals surface area contributed by atoms with Crippen LogP contribution < -0.4 is 15.4 Å². The van der Waals surface area contributed by atoms with Crippen LogP contribution in [-0.2, 0) is 19.5 Å². The molecular weight excluding hydrogens is 370 g/mol. The van der Waals surface area contributed by atoms with Gasteiger partial charge in [0.05, 0.1) is 31.6 Å². The summed E-state index contributed by atoms with van der Waals surface area (Å²) in [4.78, 5) is 6.84. The van der Waals surface area contributed by atoms with E-state index >= 15 is 0 Å². The zero-order valence-corrected chi connectivity index (χ0v) is 17.2. The lowest BCUT2D eigenvalue weighted by Crippen LogP contribution is -2.43. The molecule has 27 heavy (non-hydrogen) atoms. The number of hydrogen-bond acceptors (Lipinski definition) is 6. The minimum Gasteiger partial charge on any atom is -0.379 e. The first-order chi connectivity index (χ1) is 13.1. The van der Waals surface area contributed by atoms with Gasteiger partial charge in [-0.3, -0.25) is 9.89 Å². The summed E-state index contributed by atoms with van der Waals surface area (Å²) in [6.45, 7) is 9.08. The molecule has 2 rings (SSSR count). The maximum Gasteiger partial charge on any atom is 0.213 e. The molecule has 2 heterocycles. The summed E-state index contributed by atoms with van der Waals surface area (Å²) in [5.41, 5.74) is 0. The maximum absolute atomic E-state index is 12.1. The lowest BCUT2D eigenvalue weighted by Gasteiger charge is -2.25. The molecular formula is C17H35N5O4S. The van der Waals surface area contributed by atoms with E-state index in [2.05, 4.69) is 25.2 Å². The van der Waals surface area contributed by atoms with Crippen LogP contribution in [0.15, 0.2) is 4.99 Å². The molecule has 0 saturated carbocycles. The third-order valence-corrected chi connectivity index (χ3v) is 5.95. The Hall–Kier alpha value is -0.940. The minimum atomic E-state index is -3.33. The SMILES string of the molecule is CCNC(=NCCN1CCOCC1)NCCS(=O)(=O)NCC1CCCCO1. The van der Waals surface area contributed by atoms with Crippen molar-refractivity contribution in [2.24, 2.45) is 4.99 Å². The van der Waals surface area contributed by atoms with Crippen LogP contribution in [0.5, 0.6) is 0 Å². The predicted molar refractivity (Wildman–Crippen MR) is 107 cm³/mol. The third kappa shape index (κ3) is 9.70. The van der Waals surface area contributed by atoms with Crippen LogP contribution >= 0.6 is 0 Å². The van der Waals surface area contributed by atoms with Crippen molar-refractivity contribution in [1.29, 1.82) is 0 Å². The summed E-state index contributed by atoms with van der Waals surface area (Å²) in [6, 6.07) is 0. The average molecular weight is 406 g/mol. The monoisotopic (exact) mass is 405 g/mol. The van der Waals surface area contributed by atoms with Gasteiger partial charge in [-0.1, -0.05) is 0 Å². The minimum absolute atomic E-state index is 0.000512. The van der Waals surface area contributed by atoms with Gasteiger partial charge in [0.15, 0.2) is 5.96 Å². The maximum atomic E-state index is 12.1. The van der Waals surface area contributed by atoms with Crippen molar-refractivity contribution in [3.8, 4) is 0 Å². The molecule has 2 aliphatic rings. The molecule has 1 unspecified atom stereocenters. The van der Waals surface area contributed by atoms with Gasteiger partial charge in [0.25, 0.3) is 0 Å². The molecule has 0 radical (unpaired) electrons. The normalized spacial score (nSPS) is 22.6. The number of nitrogens with one attached hydrogen (secondary N) is 3. The van der Waals surface area contributed by atoms with Gasteiger partial charge < -0.3 is 20.1 Å². The molecule has 2 fully saturated rings. The third-order valence-electron chi connectivity index (χ3n) is 4.60. The fraction of sp³-hybridized carbons (Fsp3) is 0.941. The van der Waals surface area contributed by atoms with Gasteiger partial charge in [-0.05, 0) is 26.2 Å². The molecule has 0 bridgehead atoms. The van der Waals surface area contributed by atoms with Crippen LogP contribution in [0.1, 0.15) is 26.2 Å². The van der Waals surface area contributed by atoms with E-state index in [1.54, 1.807) is 0 Å². The van der Waals surface area contributed by atoms with E-state index in [0.29, 0.717) is 25.6 Å². The Morgan fingerprint density at radius 1 is 1.19 bits per heavy atom. The van der Waals surface area contributed by atoms with Crippen molar-refractivity contribution in [1.82, 2.24) is 20.3 Å². The highest BCUT2D eigenvalue weighted by molar-refractivity contribution is 7.89. The number of rotatable bonds is 10. The second kappa shape index (κ2) is 12.5. The molecule has 10 heteroatoms. The second-order valence-electron chi connectivity index (χ2n) is 6.80. The first-order valence-corrected chi connectivity index (χ1v) is 11.7. The first kappa shape index (κ1) is 22.4. The molecule has 1 atom stereocenters. The Labute approximate surface area is 163 Å². The number of sulfonamides is 1. The van der Waals surface area contributed by atoms with E-state index in [1.807, 2.05) is 6.92 Å². The summed E-state index contributed by atoms with van der Waals surface area (Å²) >= 11 is 0. The highest BCUT2D eigenvalue weighted by Crippen LogP contribution is 2.11. The second-order valence-corrected chi connectivity index (χ2v) is 8.72. The lowest BCUT2D eigenvalue weighted by molar-refractivity contribution is 0.0200. The van der Waals surface area contributed by atoms with Crippen molar-refractivity contribution in [2.75, 3.05) is 71.4 Å².